The number of fused-ring (bicyclic) bond motifs is 1. The lowest BCUT2D eigenvalue weighted by molar-refractivity contribution is 1.15. The standard InChI is InChI=1S/C17H15ClN2/c1-12-16(18)6-3-7-17(12)20-11-14-5-2-4-13-10-19-9-8-15(13)14/h2-10,20H,11H2,1H3. The first kappa shape index (κ1) is 12.9. The number of rotatable bonds is 3. The van der Waals surface area contributed by atoms with Crippen molar-refractivity contribution in [2.45, 2.75) is 13.5 Å². The van der Waals surface area contributed by atoms with Crippen LogP contribution in [0.15, 0.2) is 54.9 Å². The number of hydrogen-bond donors (Lipinski definition) is 1. The molecule has 3 heteroatoms. The van der Waals surface area contributed by atoms with Gasteiger partial charge in [0.05, 0.1) is 0 Å². The molecule has 0 bridgehead atoms. The van der Waals surface area contributed by atoms with Gasteiger partial charge in [-0.15, -0.1) is 0 Å². The zero-order valence-electron chi connectivity index (χ0n) is 11.2. The van der Waals surface area contributed by atoms with Crippen molar-refractivity contribution in [2.24, 2.45) is 0 Å². The fourth-order valence-electron chi connectivity index (χ4n) is 2.33. The summed E-state index contributed by atoms with van der Waals surface area (Å²) in [6, 6.07) is 14.2. The Labute approximate surface area is 123 Å². The van der Waals surface area contributed by atoms with Crippen molar-refractivity contribution in [1.29, 1.82) is 0 Å². The fraction of sp³-hybridized carbons (Fsp3) is 0.118. The molecule has 0 radical (unpaired) electrons. The van der Waals surface area contributed by atoms with Crippen LogP contribution in [0.5, 0.6) is 0 Å². The van der Waals surface area contributed by atoms with Gasteiger partial charge in [0, 0.05) is 35.0 Å². The largest absolute Gasteiger partial charge is 0.381 e. The first-order chi connectivity index (χ1) is 9.75. The van der Waals surface area contributed by atoms with Crippen LogP contribution in [0.3, 0.4) is 0 Å². The first-order valence-corrected chi connectivity index (χ1v) is 6.94. The summed E-state index contributed by atoms with van der Waals surface area (Å²) in [7, 11) is 0. The van der Waals surface area contributed by atoms with Crippen LogP contribution in [0.25, 0.3) is 10.8 Å². The van der Waals surface area contributed by atoms with Crippen LogP contribution in [0.1, 0.15) is 11.1 Å². The van der Waals surface area contributed by atoms with Gasteiger partial charge in [-0.2, -0.15) is 0 Å². The summed E-state index contributed by atoms with van der Waals surface area (Å²) in [6.07, 6.45) is 3.72. The van der Waals surface area contributed by atoms with Gasteiger partial charge in [-0.05, 0) is 41.6 Å². The second-order valence-corrected chi connectivity index (χ2v) is 5.19. The number of anilines is 1. The Kier molecular flexibility index (Phi) is 3.57. The maximum Gasteiger partial charge on any atom is 0.0455 e. The number of pyridine rings is 1. The molecule has 0 aliphatic heterocycles. The van der Waals surface area contributed by atoms with Crippen LogP contribution in [-0.2, 0) is 6.54 Å². The minimum absolute atomic E-state index is 0.766. The predicted octanol–water partition coefficient (Wildman–Crippen LogP) is 4.81. The van der Waals surface area contributed by atoms with Crippen molar-refractivity contribution in [3.05, 3.63) is 71.0 Å². The van der Waals surface area contributed by atoms with Gasteiger partial charge in [0.15, 0.2) is 0 Å². The Balaban J connectivity index is 1.89. The molecule has 1 N–H and O–H groups in total. The molecule has 0 spiro atoms. The van der Waals surface area contributed by atoms with Gasteiger partial charge in [-0.3, -0.25) is 4.98 Å². The van der Waals surface area contributed by atoms with E-state index < -0.39 is 0 Å². The molecule has 0 fully saturated rings. The maximum absolute atomic E-state index is 6.14. The lowest BCUT2D eigenvalue weighted by Gasteiger charge is -2.12. The van der Waals surface area contributed by atoms with E-state index in [-0.39, 0.29) is 0 Å². The van der Waals surface area contributed by atoms with E-state index >= 15 is 0 Å². The molecule has 2 aromatic carbocycles. The Morgan fingerprint density at radius 3 is 2.85 bits per heavy atom. The van der Waals surface area contributed by atoms with Crippen molar-refractivity contribution < 1.29 is 0 Å². The number of hydrogen-bond acceptors (Lipinski definition) is 2. The molecular weight excluding hydrogens is 268 g/mol. The van der Waals surface area contributed by atoms with E-state index in [2.05, 4.69) is 34.6 Å². The molecular formula is C17H15ClN2. The first-order valence-electron chi connectivity index (χ1n) is 6.56. The number of halogens is 1. The molecule has 0 unspecified atom stereocenters. The van der Waals surface area contributed by atoms with Crippen LogP contribution in [0, 0.1) is 6.92 Å². The lowest BCUT2D eigenvalue weighted by atomic mass is 10.1. The molecule has 0 atom stereocenters. The van der Waals surface area contributed by atoms with Crippen LogP contribution >= 0.6 is 11.6 Å². The van der Waals surface area contributed by atoms with Crippen LogP contribution in [-0.4, -0.2) is 4.98 Å². The molecule has 20 heavy (non-hydrogen) atoms. The molecule has 0 aliphatic carbocycles. The number of benzene rings is 2. The van der Waals surface area contributed by atoms with Gasteiger partial charge >= 0.3 is 0 Å². The van der Waals surface area contributed by atoms with Crippen molar-refractivity contribution in [3.63, 3.8) is 0 Å². The topological polar surface area (TPSA) is 24.9 Å². The molecule has 1 aromatic heterocycles. The molecule has 3 rings (SSSR count). The minimum atomic E-state index is 0.766. The highest BCUT2D eigenvalue weighted by atomic mass is 35.5. The van der Waals surface area contributed by atoms with Crippen molar-refractivity contribution in [3.8, 4) is 0 Å². The monoisotopic (exact) mass is 282 g/mol. The van der Waals surface area contributed by atoms with Crippen molar-refractivity contribution in [2.75, 3.05) is 5.32 Å². The Morgan fingerprint density at radius 2 is 1.95 bits per heavy atom. The van der Waals surface area contributed by atoms with E-state index in [0.29, 0.717) is 0 Å². The summed E-state index contributed by atoms with van der Waals surface area (Å²) in [5.41, 5.74) is 3.41. The molecule has 0 saturated carbocycles. The third kappa shape index (κ3) is 2.47. The second kappa shape index (κ2) is 5.51. The van der Waals surface area contributed by atoms with Crippen LogP contribution < -0.4 is 5.32 Å². The van der Waals surface area contributed by atoms with Gasteiger partial charge in [0.25, 0.3) is 0 Å². The molecule has 0 saturated heterocycles. The van der Waals surface area contributed by atoms with Gasteiger partial charge in [-0.1, -0.05) is 35.9 Å². The van der Waals surface area contributed by atoms with E-state index in [1.54, 1.807) is 0 Å². The summed E-state index contributed by atoms with van der Waals surface area (Å²) < 4.78 is 0. The molecule has 0 aliphatic rings. The number of nitrogens with one attached hydrogen (secondary N) is 1. The molecule has 3 aromatic rings. The second-order valence-electron chi connectivity index (χ2n) is 4.78. The van der Waals surface area contributed by atoms with Gasteiger partial charge in [-0.25, -0.2) is 0 Å². The Bertz CT molecular complexity index is 748. The van der Waals surface area contributed by atoms with E-state index in [4.69, 9.17) is 11.6 Å². The average Bonchev–Trinajstić information content (AvgIpc) is 2.49. The molecule has 0 amide bonds. The minimum Gasteiger partial charge on any atom is -0.381 e. The quantitative estimate of drug-likeness (QED) is 0.746. The third-order valence-corrected chi connectivity index (χ3v) is 3.92. The van der Waals surface area contributed by atoms with E-state index in [9.17, 15) is 0 Å². The van der Waals surface area contributed by atoms with Crippen molar-refractivity contribution >= 4 is 28.1 Å². The summed E-state index contributed by atoms with van der Waals surface area (Å²) >= 11 is 6.14. The lowest BCUT2D eigenvalue weighted by Crippen LogP contribution is -2.01. The molecule has 2 nitrogen and oxygen atoms in total. The van der Waals surface area contributed by atoms with Crippen molar-refractivity contribution in [1.82, 2.24) is 4.98 Å². The van der Waals surface area contributed by atoms with Crippen LogP contribution in [0.2, 0.25) is 5.02 Å². The predicted molar refractivity (Wildman–Crippen MR) is 85.3 cm³/mol. The maximum atomic E-state index is 6.14. The average molecular weight is 283 g/mol. The summed E-state index contributed by atoms with van der Waals surface area (Å²) in [6.45, 7) is 2.79. The summed E-state index contributed by atoms with van der Waals surface area (Å²) in [5, 5.41) is 6.64. The van der Waals surface area contributed by atoms with Gasteiger partial charge in [0.1, 0.15) is 0 Å². The highest BCUT2D eigenvalue weighted by Crippen LogP contribution is 2.24. The van der Waals surface area contributed by atoms with E-state index in [0.717, 1.165) is 28.2 Å². The zero-order chi connectivity index (χ0) is 13.9. The van der Waals surface area contributed by atoms with E-state index in [1.165, 1.54) is 10.9 Å². The smallest absolute Gasteiger partial charge is 0.0455 e. The highest BCUT2D eigenvalue weighted by Gasteiger charge is 2.04. The number of nitrogens with zero attached hydrogens (tertiary/aromatic N) is 1. The van der Waals surface area contributed by atoms with E-state index in [1.807, 2.05) is 37.5 Å². The highest BCUT2D eigenvalue weighted by molar-refractivity contribution is 6.31. The summed E-state index contributed by atoms with van der Waals surface area (Å²) in [5.74, 6) is 0. The number of aromatic nitrogens is 1. The Hall–Kier alpha value is -2.06. The Morgan fingerprint density at radius 1 is 1.10 bits per heavy atom. The normalized spacial score (nSPS) is 10.7. The van der Waals surface area contributed by atoms with Gasteiger partial charge < -0.3 is 5.32 Å². The molecule has 1 heterocycles. The fourth-order valence-corrected chi connectivity index (χ4v) is 2.51. The zero-order valence-corrected chi connectivity index (χ0v) is 12.0. The van der Waals surface area contributed by atoms with Crippen LogP contribution in [0.4, 0.5) is 5.69 Å². The summed E-state index contributed by atoms with van der Waals surface area (Å²) in [4.78, 5) is 4.16. The third-order valence-electron chi connectivity index (χ3n) is 3.51. The van der Waals surface area contributed by atoms with Gasteiger partial charge in [0.2, 0.25) is 0 Å². The molecule has 100 valence electrons. The SMILES string of the molecule is Cc1c(Cl)cccc1NCc1cccc2cnccc12.